The van der Waals surface area contributed by atoms with Gasteiger partial charge in [0, 0.05) is 19.2 Å². The van der Waals surface area contributed by atoms with E-state index in [1.54, 1.807) is 7.11 Å². The quantitative estimate of drug-likeness (QED) is 0.916. The van der Waals surface area contributed by atoms with Gasteiger partial charge in [-0.1, -0.05) is 6.07 Å². The van der Waals surface area contributed by atoms with Crippen LogP contribution in [0.1, 0.15) is 36.8 Å². The fourth-order valence-corrected chi connectivity index (χ4v) is 3.30. The van der Waals surface area contributed by atoms with Crippen molar-refractivity contribution in [1.29, 1.82) is 0 Å². The largest absolute Gasteiger partial charge is 0.497 e. The van der Waals surface area contributed by atoms with Crippen LogP contribution in [0.25, 0.3) is 0 Å². The summed E-state index contributed by atoms with van der Waals surface area (Å²) in [5.74, 6) is 0.972. The van der Waals surface area contributed by atoms with Gasteiger partial charge in [0.25, 0.3) is 0 Å². The topological polar surface area (TPSA) is 30.5 Å². The molecule has 1 aromatic carbocycles. The zero-order chi connectivity index (χ0) is 13.8. The third kappa shape index (κ3) is 3.33. The summed E-state index contributed by atoms with van der Waals surface area (Å²) in [5.41, 5.74) is 2.93. The van der Waals surface area contributed by atoms with Crippen molar-refractivity contribution in [2.45, 2.75) is 50.7 Å². The van der Waals surface area contributed by atoms with Crippen LogP contribution in [0.4, 0.5) is 0 Å². The molecule has 1 heterocycles. The molecule has 0 bridgehead atoms. The summed E-state index contributed by atoms with van der Waals surface area (Å²) in [6.07, 6.45) is 7.69. The number of hydrogen-bond donors (Lipinski definition) is 1. The van der Waals surface area contributed by atoms with Crippen molar-refractivity contribution in [3.05, 3.63) is 29.3 Å². The smallest absolute Gasteiger partial charge is 0.119 e. The van der Waals surface area contributed by atoms with Crippen LogP contribution in [0, 0.1) is 0 Å². The lowest BCUT2D eigenvalue weighted by Gasteiger charge is -2.29. The first kappa shape index (κ1) is 13.9. The Hall–Kier alpha value is -1.06. The van der Waals surface area contributed by atoms with E-state index in [0.717, 1.165) is 25.3 Å². The molecule has 0 saturated carbocycles. The summed E-state index contributed by atoms with van der Waals surface area (Å²) >= 11 is 0. The van der Waals surface area contributed by atoms with Crippen molar-refractivity contribution in [3.8, 4) is 5.75 Å². The highest BCUT2D eigenvalue weighted by Crippen LogP contribution is 2.25. The van der Waals surface area contributed by atoms with Gasteiger partial charge in [-0.2, -0.15) is 0 Å². The Morgan fingerprint density at radius 1 is 1.25 bits per heavy atom. The number of ether oxygens (including phenoxy) is 2. The van der Waals surface area contributed by atoms with Crippen molar-refractivity contribution in [3.63, 3.8) is 0 Å². The van der Waals surface area contributed by atoms with E-state index in [9.17, 15) is 0 Å². The van der Waals surface area contributed by atoms with Gasteiger partial charge in [0.15, 0.2) is 0 Å². The predicted molar refractivity (Wildman–Crippen MR) is 80.4 cm³/mol. The molecular formula is C17H25NO2. The van der Waals surface area contributed by atoms with Crippen LogP contribution in [0.3, 0.4) is 0 Å². The maximum Gasteiger partial charge on any atom is 0.119 e. The Labute approximate surface area is 121 Å². The average Bonchev–Trinajstić information content (AvgIpc) is 2.53. The van der Waals surface area contributed by atoms with Crippen molar-refractivity contribution < 1.29 is 9.47 Å². The van der Waals surface area contributed by atoms with Crippen LogP contribution in [0.5, 0.6) is 5.75 Å². The number of aryl methyl sites for hydroxylation is 1. The molecule has 3 rings (SSSR count). The molecule has 1 aliphatic carbocycles. The van der Waals surface area contributed by atoms with E-state index in [0.29, 0.717) is 12.1 Å². The lowest BCUT2D eigenvalue weighted by molar-refractivity contribution is 0.0151. The number of fused-ring (bicyclic) bond motifs is 1. The normalized spacial score (nSPS) is 26.1. The van der Waals surface area contributed by atoms with Gasteiger partial charge in [-0.15, -0.1) is 0 Å². The first-order valence-electron chi connectivity index (χ1n) is 7.86. The maximum atomic E-state index is 5.79. The summed E-state index contributed by atoms with van der Waals surface area (Å²) in [4.78, 5) is 0. The molecule has 1 fully saturated rings. The highest BCUT2D eigenvalue weighted by Gasteiger charge is 2.21. The first-order valence-corrected chi connectivity index (χ1v) is 7.86. The van der Waals surface area contributed by atoms with Crippen LogP contribution < -0.4 is 10.1 Å². The second kappa shape index (κ2) is 6.59. The van der Waals surface area contributed by atoms with E-state index in [2.05, 4.69) is 23.5 Å². The molecule has 1 aromatic rings. The van der Waals surface area contributed by atoms with Crippen LogP contribution in [-0.2, 0) is 17.6 Å². The molecule has 1 aliphatic heterocycles. The number of benzene rings is 1. The Morgan fingerprint density at radius 3 is 3.00 bits per heavy atom. The van der Waals surface area contributed by atoms with Gasteiger partial charge in [-0.3, -0.25) is 0 Å². The van der Waals surface area contributed by atoms with Gasteiger partial charge in [0.2, 0.25) is 0 Å². The molecule has 0 spiro atoms. The van der Waals surface area contributed by atoms with E-state index in [1.807, 2.05) is 0 Å². The number of methoxy groups -OCH3 is 1. The molecule has 0 amide bonds. The van der Waals surface area contributed by atoms with Gasteiger partial charge in [-0.25, -0.2) is 0 Å². The van der Waals surface area contributed by atoms with E-state index in [4.69, 9.17) is 9.47 Å². The zero-order valence-corrected chi connectivity index (χ0v) is 12.4. The van der Waals surface area contributed by atoms with Gasteiger partial charge >= 0.3 is 0 Å². The minimum absolute atomic E-state index is 0.426. The molecule has 2 aliphatic rings. The van der Waals surface area contributed by atoms with Crippen molar-refractivity contribution in [2.24, 2.45) is 0 Å². The highest BCUT2D eigenvalue weighted by molar-refractivity contribution is 5.37. The van der Waals surface area contributed by atoms with Crippen molar-refractivity contribution in [1.82, 2.24) is 5.32 Å². The second-order valence-corrected chi connectivity index (χ2v) is 5.97. The molecule has 110 valence electrons. The summed E-state index contributed by atoms with van der Waals surface area (Å²) < 4.78 is 11.1. The molecule has 1 N–H and O–H groups in total. The molecule has 0 aromatic heterocycles. The zero-order valence-electron chi connectivity index (χ0n) is 12.4. The van der Waals surface area contributed by atoms with Gasteiger partial charge < -0.3 is 14.8 Å². The Kier molecular flexibility index (Phi) is 4.58. The number of hydrogen-bond acceptors (Lipinski definition) is 3. The highest BCUT2D eigenvalue weighted by atomic mass is 16.5. The maximum absolute atomic E-state index is 5.79. The average molecular weight is 275 g/mol. The van der Waals surface area contributed by atoms with Crippen LogP contribution in [0.15, 0.2) is 18.2 Å². The number of rotatable bonds is 4. The SMILES string of the molecule is COc1ccc2c(c1)CC(NCC1CCCCO1)CC2. The summed E-state index contributed by atoms with van der Waals surface area (Å²) in [6.45, 7) is 1.95. The van der Waals surface area contributed by atoms with Gasteiger partial charge in [0.05, 0.1) is 13.2 Å². The molecule has 2 unspecified atom stereocenters. The molecule has 1 saturated heterocycles. The monoisotopic (exact) mass is 275 g/mol. The minimum atomic E-state index is 0.426. The third-order valence-corrected chi connectivity index (χ3v) is 4.55. The van der Waals surface area contributed by atoms with Gasteiger partial charge in [0.1, 0.15) is 5.75 Å². The first-order chi connectivity index (χ1) is 9.85. The van der Waals surface area contributed by atoms with Gasteiger partial charge in [-0.05, 0) is 61.8 Å². The lowest BCUT2D eigenvalue weighted by atomic mass is 9.88. The van der Waals surface area contributed by atoms with Crippen molar-refractivity contribution in [2.75, 3.05) is 20.3 Å². The fraction of sp³-hybridized carbons (Fsp3) is 0.647. The second-order valence-electron chi connectivity index (χ2n) is 5.97. The fourth-order valence-electron chi connectivity index (χ4n) is 3.30. The molecular weight excluding hydrogens is 250 g/mol. The lowest BCUT2D eigenvalue weighted by Crippen LogP contribution is -2.40. The molecule has 3 heteroatoms. The van der Waals surface area contributed by atoms with Crippen molar-refractivity contribution >= 4 is 0 Å². The standard InChI is InChI=1S/C17H25NO2/c1-19-16-8-6-13-5-7-15(10-14(13)11-16)18-12-17-4-2-3-9-20-17/h6,8,11,15,17-18H,2-5,7,9-10,12H2,1H3. The van der Waals surface area contributed by atoms with E-state index >= 15 is 0 Å². The Bertz CT molecular complexity index is 441. The minimum Gasteiger partial charge on any atom is -0.497 e. The summed E-state index contributed by atoms with van der Waals surface area (Å²) in [6, 6.07) is 7.07. The molecule has 0 radical (unpaired) electrons. The molecule has 3 nitrogen and oxygen atoms in total. The van der Waals surface area contributed by atoms with E-state index < -0.39 is 0 Å². The molecule has 2 atom stereocenters. The predicted octanol–water partition coefficient (Wildman–Crippen LogP) is 2.71. The Morgan fingerprint density at radius 2 is 2.20 bits per heavy atom. The van der Waals surface area contributed by atoms with Crippen LogP contribution in [0.2, 0.25) is 0 Å². The van der Waals surface area contributed by atoms with Crippen LogP contribution >= 0.6 is 0 Å². The molecule has 20 heavy (non-hydrogen) atoms. The summed E-state index contributed by atoms with van der Waals surface area (Å²) in [7, 11) is 1.74. The van der Waals surface area contributed by atoms with E-state index in [-0.39, 0.29) is 0 Å². The Balaban J connectivity index is 1.54. The van der Waals surface area contributed by atoms with Crippen LogP contribution in [-0.4, -0.2) is 32.4 Å². The van der Waals surface area contributed by atoms with E-state index in [1.165, 1.54) is 43.2 Å². The third-order valence-electron chi connectivity index (χ3n) is 4.55. The summed E-state index contributed by atoms with van der Waals surface area (Å²) in [5, 5.41) is 3.70. The number of nitrogens with one attached hydrogen (secondary N) is 1.